The Balaban J connectivity index is 1.28. The highest BCUT2D eigenvalue weighted by atomic mass is 15.2. The Kier molecular flexibility index (Phi) is 6.80. The summed E-state index contributed by atoms with van der Waals surface area (Å²) < 4.78 is 4.48. The van der Waals surface area contributed by atoms with E-state index in [0.717, 1.165) is 78.0 Å². The Labute approximate surface area is 299 Å². The Morgan fingerprint density at radius 2 is 0.885 bits per heavy atom. The van der Waals surface area contributed by atoms with Gasteiger partial charge in [-0.1, -0.05) is 115 Å². The zero-order valence-corrected chi connectivity index (χ0v) is 28.0. The smallest absolute Gasteiger partial charge is 0.146 e. The first-order chi connectivity index (χ1) is 25.8. The van der Waals surface area contributed by atoms with Crippen molar-refractivity contribution in [1.29, 1.82) is 5.26 Å². The summed E-state index contributed by atoms with van der Waals surface area (Å²) >= 11 is 0. The largest absolute Gasteiger partial charge is 0.294 e. The van der Waals surface area contributed by atoms with Crippen LogP contribution in [0.3, 0.4) is 0 Å². The topological polar surface area (TPSA) is 59.4 Å². The molecular weight excluding hydrogens is 635 g/mol. The molecule has 0 unspecified atom stereocenters. The second-order valence-corrected chi connectivity index (χ2v) is 12.9. The van der Waals surface area contributed by atoms with E-state index in [1.54, 1.807) is 0 Å². The Morgan fingerprint density at radius 1 is 0.423 bits per heavy atom. The Morgan fingerprint density at radius 3 is 1.48 bits per heavy atom. The summed E-state index contributed by atoms with van der Waals surface area (Å²) in [5, 5.41) is 14.0. The molecule has 0 bridgehead atoms. The van der Waals surface area contributed by atoms with Gasteiger partial charge in [-0.05, 0) is 88.0 Å². The van der Waals surface area contributed by atoms with Gasteiger partial charge in [-0.3, -0.25) is 9.13 Å². The van der Waals surface area contributed by atoms with E-state index in [2.05, 4.69) is 155 Å². The Bertz CT molecular complexity index is 2790. The van der Waals surface area contributed by atoms with Crippen molar-refractivity contribution in [2.45, 2.75) is 0 Å². The average Bonchev–Trinajstić information content (AvgIpc) is 3.74. The molecule has 5 heteroatoms. The zero-order chi connectivity index (χ0) is 34.6. The quantitative estimate of drug-likeness (QED) is 0.184. The van der Waals surface area contributed by atoms with Gasteiger partial charge in [-0.25, -0.2) is 9.97 Å². The molecule has 4 heterocycles. The fraction of sp³-hybridized carbons (Fsp3) is 0. The predicted octanol–water partition coefficient (Wildman–Crippen LogP) is 11.5. The summed E-state index contributed by atoms with van der Waals surface area (Å²) in [6.45, 7) is 0. The molecule has 0 saturated carbocycles. The van der Waals surface area contributed by atoms with Crippen LogP contribution in [-0.4, -0.2) is 19.1 Å². The number of para-hydroxylation sites is 3. The molecule has 52 heavy (non-hydrogen) atoms. The van der Waals surface area contributed by atoms with Crippen LogP contribution in [0.15, 0.2) is 176 Å². The number of hydrogen-bond acceptors (Lipinski definition) is 3. The molecule has 0 aliphatic carbocycles. The lowest BCUT2D eigenvalue weighted by molar-refractivity contribution is 1.00. The monoisotopic (exact) mass is 663 g/mol. The van der Waals surface area contributed by atoms with Crippen LogP contribution in [0.4, 0.5) is 0 Å². The minimum atomic E-state index is 0.642. The van der Waals surface area contributed by atoms with Gasteiger partial charge in [-0.15, -0.1) is 0 Å². The molecule has 0 fully saturated rings. The van der Waals surface area contributed by atoms with Gasteiger partial charge in [0.25, 0.3) is 0 Å². The van der Waals surface area contributed by atoms with Crippen molar-refractivity contribution in [2.24, 2.45) is 0 Å². The first-order valence-corrected chi connectivity index (χ1v) is 17.3. The van der Waals surface area contributed by atoms with Gasteiger partial charge >= 0.3 is 0 Å². The molecule has 0 aliphatic rings. The van der Waals surface area contributed by atoms with Crippen molar-refractivity contribution in [3.05, 3.63) is 182 Å². The number of hydrogen-bond donors (Lipinski definition) is 0. The number of benzene rings is 6. The molecule has 5 nitrogen and oxygen atoms in total. The van der Waals surface area contributed by atoms with Crippen molar-refractivity contribution in [1.82, 2.24) is 19.1 Å². The fourth-order valence-corrected chi connectivity index (χ4v) is 7.75. The SMILES string of the molecule is N#Cc1ccc(-c2ccccc2-c2ccccc2-c2cc(-n3c4ccccc4c4ccccc43)nc(-n3c4ccccc4c4cccnc43)c2)cc1. The molecule has 10 rings (SSSR count). The number of fused-ring (bicyclic) bond motifs is 6. The highest BCUT2D eigenvalue weighted by Crippen LogP contribution is 2.41. The van der Waals surface area contributed by atoms with E-state index in [1.807, 2.05) is 36.5 Å². The molecule has 0 saturated heterocycles. The fourth-order valence-electron chi connectivity index (χ4n) is 7.75. The average molecular weight is 664 g/mol. The van der Waals surface area contributed by atoms with Crippen LogP contribution in [0.25, 0.3) is 88.8 Å². The van der Waals surface area contributed by atoms with Crippen molar-refractivity contribution >= 4 is 43.7 Å². The van der Waals surface area contributed by atoms with Gasteiger partial charge in [0.2, 0.25) is 0 Å². The molecule has 6 aromatic carbocycles. The van der Waals surface area contributed by atoms with E-state index < -0.39 is 0 Å². The minimum absolute atomic E-state index is 0.642. The molecule has 242 valence electrons. The van der Waals surface area contributed by atoms with Gasteiger partial charge < -0.3 is 0 Å². The van der Waals surface area contributed by atoms with E-state index in [0.29, 0.717) is 5.56 Å². The van der Waals surface area contributed by atoms with Crippen molar-refractivity contribution < 1.29 is 0 Å². The van der Waals surface area contributed by atoms with Gasteiger partial charge in [-0.2, -0.15) is 5.26 Å². The molecule has 0 aliphatic heterocycles. The lowest BCUT2D eigenvalue weighted by Gasteiger charge is -2.17. The normalized spacial score (nSPS) is 11.4. The van der Waals surface area contributed by atoms with Crippen molar-refractivity contribution in [3.63, 3.8) is 0 Å². The van der Waals surface area contributed by atoms with Crippen LogP contribution in [-0.2, 0) is 0 Å². The lowest BCUT2D eigenvalue weighted by Crippen LogP contribution is -2.05. The van der Waals surface area contributed by atoms with Crippen LogP contribution in [0.1, 0.15) is 5.56 Å². The maximum Gasteiger partial charge on any atom is 0.146 e. The second kappa shape index (κ2) is 11.9. The van der Waals surface area contributed by atoms with E-state index in [-0.39, 0.29) is 0 Å². The lowest BCUT2D eigenvalue weighted by atomic mass is 9.89. The summed E-state index contributed by atoms with van der Waals surface area (Å²) in [6, 6.07) is 61.2. The van der Waals surface area contributed by atoms with Crippen molar-refractivity contribution in [2.75, 3.05) is 0 Å². The number of pyridine rings is 2. The minimum Gasteiger partial charge on any atom is -0.294 e. The Hall–Kier alpha value is -7.29. The third-order valence-electron chi connectivity index (χ3n) is 10.1. The van der Waals surface area contributed by atoms with Crippen LogP contribution in [0.2, 0.25) is 0 Å². The van der Waals surface area contributed by atoms with Gasteiger partial charge in [0.15, 0.2) is 0 Å². The summed E-state index contributed by atoms with van der Waals surface area (Å²) in [6.07, 6.45) is 1.85. The highest BCUT2D eigenvalue weighted by Gasteiger charge is 2.20. The molecule has 0 radical (unpaired) electrons. The molecule has 0 amide bonds. The first-order valence-electron chi connectivity index (χ1n) is 17.3. The van der Waals surface area contributed by atoms with Crippen LogP contribution in [0, 0.1) is 11.3 Å². The molecule has 0 atom stereocenters. The molecular formula is C47H29N5. The molecule has 0 N–H and O–H groups in total. The van der Waals surface area contributed by atoms with Crippen LogP contribution in [0.5, 0.6) is 0 Å². The zero-order valence-electron chi connectivity index (χ0n) is 28.0. The van der Waals surface area contributed by atoms with E-state index in [9.17, 15) is 5.26 Å². The molecule has 4 aromatic heterocycles. The van der Waals surface area contributed by atoms with Crippen LogP contribution >= 0.6 is 0 Å². The number of aromatic nitrogens is 4. The maximum absolute atomic E-state index is 9.45. The molecule has 10 aromatic rings. The number of rotatable bonds is 5. The standard InChI is InChI=1S/C47H29N5/c48-30-31-23-25-32(26-24-31)34-12-1-3-14-36(34)37-15-4-2-13-35(37)33-28-45(51-42-20-8-5-16-38(42)39-17-6-9-21-43(39)51)50-46(29-33)52-44-22-10-7-18-40(44)41-19-11-27-49-47(41)52/h1-29H. The van der Waals surface area contributed by atoms with E-state index in [1.165, 1.54) is 10.8 Å². The van der Waals surface area contributed by atoms with Gasteiger partial charge in [0, 0.05) is 27.7 Å². The third kappa shape index (κ3) is 4.63. The van der Waals surface area contributed by atoms with Crippen LogP contribution < -0.4 is 0 Å². The van der Waals surface area contributed by atoms with Crippen molar-refractivity contribution in [3.8, 4) is 51.1 Å². The van der Waals surface area contributed by atoms with E-state index >= 15 is 0 Å². The highest BCUT2D eigenvalue weighted by molar-refractivity contribution is 6.10. The van der Waals surface area contributed by atoms with Gasteiger partial charge in [0.1, 0.15) is 17.3 Å². The first kappa shape index (κ1) is 29.6. The van der Waals surface area contributed by atoms with Gasteiger partial charge in [0.05, 0.1) is 28.2 Å². The summed E-state index contributed by atoms with van der Waals surface area (Å²) in [5.74, 6) is 1.61. The summed E-state index contributed by atoms with van der Waals surface area (Å²) in [7, 11) is 0. The maximum atomic E-state index is 9.45. The number of nitriles is 1. The second-order valence-electron chi connectivity index (χ2n) is 12.9. The summed E-state index contributed by atoms with van der Waals surface area (Å²) in [4.78, 5) is 10.4. The third-order valence-corrected chi connectivity index (χ3v) is 10.1. The predicted molar refractivity (Wildman–Crippen MR) is 212 cm³/mol. The number of nitrogens with zero attached hydrogens (tertiary/aromatic N) is 5. The molecule has 0 spiro atoms. The van der Waals surface area contributed by atoms with E-state index in [4.69, 9.17) is 9.97 Å². The summed E-state index contributed by atoms with van der Waals surface area (Å²) in [5.41, 5.74) is 11.2.